The van der Waals surface area contributed by atoms with Crippen LogP contribution < -0.4 is 10.6 Å². The second-order valence-electron chi connectivity index (χ2n) is 7.12. The topological polar surface area (TPSA) is 105 Å². The minimum absolute atomic E-state index is 0. The summed E-state index contributed by atoms with van der Waals surface area (Å²) in [5, 5.41) is 16.7. The monoisotopic (exact) mass is 396 g/mol. The molecule has 3 rings (SSSR count). The maximum absolute atomic E-state index is 12.3. The van der Waals surface area contributed by atoms with Crippen LogP contribution >= 0.6 is 12.4 Å². The number of piperidine rings is 1. The van der Waals surface area contributed by atoms with E-state index >= 15 is 0 Å². The largest absolute Gasteiger partial charge is 0.352 e. The summed E-state index contributed by atoms with van der Waals surface area (Å²) in [5.74, 6) is -0.267. The van der Waals surface area contributed by atoms with Gasteiger partial charge in [0.25, 0.3) is 11.6 Å². The third-order valence-electron chi connectivity index (χ3n) is 5.47. The van der Waals surface area contributed by atoms with Crippen molar-refractivity contribution in [1.82, 2.24) is 15.5 Å². The number of rotatable bonds is 5. The predicted molar refractivity (Wildman–Crippen MR) is 103 cm³/mol. The van der Waals surface area contributed by atoms with E-state index in [1.165, 1.54) is 30.7 Å². The molecule has 2 aliphatic rings. The van der Waals surface area contributed by atoms with Gasteiger partial charge in [0.1, 0.15) is 0 Å². The Morgan fingerprint density at radius 3 is 2.41 bits per heavy atom. The minimum atomic E-state index is -0.509. The van der Waals surface area contributed by atoms with Crippen molar-refractivity contribution < 1.29 is 14.5 Å². The molecule has 1 spiro atoms. The van der Waals surface area contributed by atoms with Crippen LogP contribution in [-0.4, -0.2) is 54.4 Å². The van der Waals surface area contributed by atoms with Gasteiger partial charge in [-0.05, 0) is 43.4 Å². The molecular weight excluding hydrogens is 372 g/mol. The molecule has 2 N–H and O–H groups in total. The molecule has 148 valence electrons. The maximum atomic E-state index is 12.3. The van der Waals surface area contributed by atoms with Crippen molar-refractivity contribution >= 4 is 29.9 Å². The Morgan fingerprint density at radius 2 is 1.85 bits per heavy atom. The predicted octanol–water partition coefficient (Wildman–Crippen LogP) is 1.74. The van der Waals surface area contributed by atoms with Gasteiger partial charge in [-0.2, -0.15) is 0 Å². The summed E-state index contributed by atoms with van der Waals surface area (Å²) >= 11 is 0. The highest BCUT2D eigenvalue weighted by Crippen LogP contribution is 2.36. The maximum Gasteiger partial charge on any atom is 0.269 e. The number of non-ortho nitro benzene ring substituents is 1. The van der Waals surface area contributed by atoms with Crippen molar-refractivity contribution in [2.75, 3.05) is 32.7 Å². The van der Waals surface area contributed by atoms with Gasteiger partial charge in [-0.15, -0.1) is 12.4 Å². The fourth-order valence-electron chi connectivity index (χ4n) is 3.73. The van der Waals surface area contributed by atoms with Crippen LogP contribution in [0.25, 0.3) is 0 Å². The fraction of sp³-hybridized carbons (Fsp3) is 0.556. The molecule has 0 unspecified atom stereocenters. The van der Waals surface area contributed by atoms with Crippen LogP contribution in [0.5, 0.6) is 0 Å². The SMILES string of the molecule is Cl.O=C(NCCC(=O)N1CCC2(CCNC2)CC1)c1ccc([N+](=O)[O-])cc1. The van der Waals surface area contributed by atoms with Crippen LogP contribution in [0, 0.1) is 15.5 Å². The lowest BCUT2D eigenvalue weighted by Gasteiger charge is -2.39. The lowest BCUT2D eigenvalue weighted by molar-refractivity contribution is -0.384. The summed E-state index contributed by atoms with van der Waals surface area (Å²) in [6.45, 7) is 3.97. The number of nitro groups is 1. The second-order valence-corrected chi connectivity index (χ2v) is 7.12. The van der Waals surface area contributed by atoms with Crippen LogP contribution in [0.1, 0.15) is 36.0 Å². The molecule has 2 aliphatic heterocycles. The van der Waals surface area contributed by atoms with Gasteiger partial charge in [-0.25, -0.2) is 0 Å². The third kappa shape index (κ3) is 5.17. The van der Waals surface area contributed by atoms with E-state index in [2.05, 4.69) is 10.6 Å². The normalized spacial score (nSPS) is 18.0. The number of amides is 2. The van der Waals surface area contributed by atoms with Crippen molar-refractivity contribution in [2.45, 2.75) is 25.7 Å². The number of likely N-dealkylation sites (tertiary alicyclic amines) is 1. The van der Waals surface area contributed by atoms with Crippen LogP contribution in [0.3, 0.4) is 0 Å². The Morgan fingerprint density at radius 1 is 1.19 bits per heavy atom. The van der Waals surface area contributed by atoms with E-state index in [4.69, 9.17) is 0 Å². The Hall–Kier alpha value is -2.19. The van der Waals surface area contributed by atoms with Crippen LogP contribution in [0.15, 0.2) is 24.3 Å². The molecule has 2 amide bonds. The zero-order valence-electron chi connectivity index (χ0n) is 15.1. The van der Waals surface area contributed by atoms with Gasteiger partial charge in [0.2, 0.25) is 5.91 Å². The van der Waals surface area contributed by atoms with E-state index in [1.807, 2.05) is 4.90 Å². The van der Waals surface area contributed by atoms with E-state index in [-0.39, 0.29) is 42.9 Å². The molecule has 1 aromatic carbocycles. The second kappa shape index (κ2) is 9.14. The molecule has 0 bridgehead atoms. The molecule has 8 nitrogen and oxygen atoms in total. The molecule has 0 radical (unpaired) electrons. The van der Waals surface area contributed by atoms with Gasteiger partial charge in [-0.3, -0.25) is 19.7 Å². The Kier molecular flexibility index (Phi) is 7.15. The Bertz CT molecular complexity index is 679. The average Bonchev–Trinajstić information content (AvgIpc) is 3.10. The molecule has 1 aromatic rings. The zero-order chi connectivity index (χ0) is 18.6. The van der Waals surface area contributed by atoms with Crippen LogP contribution in [0.4, 0.5) is 5.69 Å². The fourth-order valence-corrected chi connectivity index (χ4v) is 3.73. The van der Waals surface area contributed by atoms with E-state index < -0.39 is 4.92 Å². The van der Waals surface area contributed by atoms with Gasteiger partial charge in [0.15, 0.2) is 0 Å². The number of halogens is 1. The van der Waals surface area contributed by atoms with Gasteiger partial charge < -0.3 is 15.5 Å². The first-order chi connectivity index (χ1) is 12.5. The van der Waals surface area contributed by atoms with E-state index in [0.29, 0.717) is 11.0 Å². The van der Waals surface area contributed by atoms with Crippen molar-refractivity contribution in [3.8, 4) is 0 Å². The molecular formula is C18H25ClN4O4. The quantitative estimate of drug-likeness (QED) is 0.582. The smallest absolute Gasteiger partial charge is 0.269 e. The number of carbonyl (C=O) groups excluding carboxylic acids is 2. The van der Waals surface area contributed by atoms with E-state index in [9.17, 15) is 19.7 Å². The molecule has 0 aliphatic carbocycles. The van der Waals surface area contributed by atoms with Crippen molar-refractivity contribution in [2.24, 2.45) is 5.41 Å². The lowest BCUT2D eigenvalue weighted by Crippen LogP contribution is -2.44. The molecule has 2 fully saturated rings. The highest BCUT2D eigenvalue weighted by Gasteiger charge is 2.37. The summed E-state index contributed by atoms with van der Waals surface area (Å²) in [5.41, 5.74) is 0.662. The number of nitrogens with zero attached hydrogens (tertiary/aromatic N) is 2. The number of hydrogen-bond acceptors (Lipinski definition) is 5. The van der Waals surface area contributed by atoms with Crippen molar-refractivity contribution in [1.29, 1.82) is 0 Å². The van der Waals surface area contributed by atoms with E-state index in [1.54, 1.807) is 0 Å². The highest BCUT2D eigenvalue weighted by molar-refractivity contribution is 5.94. The number of nitrogens with one attached hydrogen (secondary N) is 2. The molecule has 0 saturated carbocycles. The van der Waals surface area contributed by atoms with Gasteiger partial charge in [-0.1, -0.05) is 0 Å². The van der Waals surface area contributed by atoms with Gasteiger partial charge in [0, 0.05) is 50.3 Å². The first-order valence-electron chi connectivity index (χ1n) is 9.00. The first-order valence-corrected chi connectivity index (χ1v) is 9.00. The molecule has 0 aromatic heterocycles. The van der Waals surface area contributed by atoms with Gasteiger partial charge in [0.05, 0.1) is 4.92 Å². The standard InChI is InChI=1S/C18H24N4O4.ClH/c23-16(21-11-7-18(8-12-21)6-10-19-13-18)5-9-20-17(24)14-1-3-15(4-2-14)22(25)26;/h1-4,19H,5-13H2,(H,20,24);1H. The summed E-state index contributed by atoms with van der Waals surface area (Å²) in [4.78, 5) is 36.4. The molecule has 0 atom stereocenters. The van der Waals surface area contributed by atoms with E-state index in [0.717, 1.165) is 39.0 Å². The number of hydrogen-bond donors (Lipinski definition) is 2. The van der Waals surface area contributed by atoms with Crippen molar-refractivity contribution in [3.05, 3.63) is 39.9 Å². The average molecular weight is 397 g/mol. The molecule has 2 heterocycles. The summed E-state index contributed by atoms with van der Waals surface area (Å²) < 4.78 is 0. The first kappa shape index (κ1) is 21.1. The third-order valence-corrected chi connectivity index (χ3v) is 5.47. The van der Waals surface area contributed by atoms with Gasteiger partial charge >= 0.3 is 0 Å². The Labute approximate surface area is 164 Å². The molecule has 9 heteroatoms. The van der Waals surface area contributed by atoms with Crippen LogP contribution in [-0.2, 0) is 4.79 Å². The lowest BCUT2D eigenvalue weighted by atomic mass is 9.78. The summed E-state index contributed by atoms with van der Waals surface area (Å²) in [6, 6.07) is 5.41. The summed E-state index contributed by atoms with van der Waals surface area (Å²) in [7, 11) is 0. The zero-order valence-corrected chi connectivity index (χ0v) is 15.9. The Balaban J connectivity index is 0.00000261. The van der Waals surface area contributed by atoms with Crippen molar-refractivity contribution in [3.63, 3.8) is 0 Å². The van der Waals surface area contributed by atoms with Crippen LogP contribution in [0.2, 0.25) is 0 Å². The highest BCUT2D eigenvalue weighted by atomic mass is 35.5. The number of carbonyl (C=O) groups is 2. The molecule has 27 heavy (non-hydrogen) atoms. The molecule has 2 saturated heterocycles. The number of benzene rings is 1. The minimum Gasteiger partial charge on any atom is -0.352 e. The summed E-state index contributed by atoms with van der Waals surface area (Å²) in [6.07, 6.45) is 3.55. The number of nitro benzene ring substituents is 1.